The standard InChI is InChI=1S/C39H55FN4O7/c1-39(2,3)51-38(48)43-33(22-40)25-11-13-26(14-12-25)36(46)44-18-17-30(24-8-5-4-6-9-24)34(44)35(45)41-28-15-16-31-27(20-28)21-32(42-31)37(47)50-23-29-10-7-19-49-29/h15-16,20-21,24-26,29-30,33-34,42H,4-14,17-19,22-23H2,1-3H3,(H,41,45)(H,43,48)/t25?,26?,29?,30-,33+,34-/m0/s1. The zero-order valence-corrected chi connectivity index (χ0v) is 30.3. The Morgan fingerprint density at radius 3 is 2.43 bits per heavy atom. The molecule has 2 saturated heterocycles. The second-order valence-electron chi connectivity index (χ2n) is 16.1. The molecule has 3 N–H and O–H groups in total. The van der Waals surface area contributed by atoms with Crippen molar-refractivity contribution in [1.29, 1.82) is 0 Å². The quantitative estimate of drug-likeness (QED) is 0.228. The van der Waals surface area contributed by atoms with Crippen LogP contribution in [0.4, 0.5) is 14.9 Å². The Hall–Kier alpha value is -3.67. The molecule has 11 nitrogen and oxygen atoms in total. The van der Waals surface area contributed by atoms with E-state index in [0.29, 0.717) is 56.1 Å². The fourth-order valence-electron chi connectivity index (χ4n) is 8.76. The number of alkyl carbamates (subject to hydrolysis) is 1. The minimum absolute atomic E-state index is 0.00365. The number of H-pyrrole nitrogens is 1. The summed E-state index contributed by atoms with van der Waals surface area (Å²) in [5.74, 6) is -0.504. The van der Waals surface area contributed by atoms with Crippen molar-refractivity contribution < 1.29 is 37.8 Å². The predicted octanol–water partition coefficient (Wildman–Crippen LogP) is 6.91. The summed E-state index contributed by atoms with van der Waals surface area (Å²) in [6, 6.07) is 5.97. The number of alkyl halides is 1. The first-order valence-electron chi connectivity index (χ1n) is 19.1. The Bertz CT molecular complexity index is 1540. The van der Waals surface area contributed by atoms with E-state index in [0.717, 1.165) is 55.8 Å². The van der Waals surface area contributed by atoms with E-state index in [4.69, 9.17) is 14.2 Å². The highest BCUT2D eigenvalue weighted by Crippen LogP contribution is 2.41. The molecule has 2 saturated carbocycles. The van der Waals surface area contributed by atoms with Gasteiger partial charge in [0.2, 0.25) is 11.8 Å². The number of ether oxygens (including phenoxy) is 3. The summed E-state index contributed by atoms with van der Waals surface area (Å²) in [6.07, 6.45) is 9.95. The number of anilines is 1. The number of halogens is 1. The molecule has 1 aromatic carbocycles. The molecule has 2 aliphatic heterocycles. The van der Waals surface area contributed by atoms with Gasteiger partial charge in [-0.25, -0.2) is 14.0 Å². The first-order chi connectivity index (χ1) is 24.5. The van der Waals surface area contributed by atoms with Gasteiger partial charge in [0.15, 0.2) is 0 Å². The number of fused-ring (bicyclic) bond motifs is 1. The molecular formula is C39H55FN4O7. The molecule has 0 spiro atoms. The number of esters is 1. The van der Waals surface area contributed by atoms with Crippen LogP contribution in [0.25, 0.3) is 10.9 Å². The number of rotatable bonds is 10. The second kappa shape index (κ2) is 16.3. The number of benzene rings is 1. The van der Waals surface area contributed by atoms with Crippen LogP contribution < -0.4 is 10.6 Å². The first kappa shape index (κ1) is 37.1. The molecule has 3 amide bonds. The van der Waals surface area contributed by atoms with Crippen LogP contribution in [0.3, 0.4) is 0 Å². The van der Waals surface area contributed by atoms with Crippen LogP contribution in [0.5, 0.6) is 0 Å². The van der Waals surface area contributed by atoms with Crippen LogP contribution in [-0.2, 0) is 23.8 Å². The number of hydrogen-bond donors (Lipinski definition) is 3. The number of carbonyl (C=O) groups excluding carboxylic acids is 4. The Morgan fingerprint density at radius 1 is 0.980 bits per heavy atom. The molecule has 12 heteroatoms. The van der Waals surface area contributed by atoms with E-state index in [1.807, 2.05) is 23.1 Å². The van der Waals surface area contributed by atoms with Crippen molar-refractivity contribution in [2.75, 3.05) is 31.7 Å². The second-order valence-corrected chi connectivity index (χ2v) is 16.1. The molecule has 4 atom stereocenters. The molecule has 4 fully saturated rings. The topological polar surface area (TPSA) is 139 Å². The van der Waals surface area contributed by atoms with E-state index in [2.05, 4.69) is 15.6 Å². The van der Waals surface area contributed by atoms with Crippen LogP contribution in [-0.4, -0.2) is 84.0 Å². The average molecular weight is 711 g/mol. The number of aromatic amines is 1. The Morgan fingerprint density at radius 2 is 1.75 bits per heavy atom. The number of likely N-dealkylation sites (tertiary alicyclic amines) is 1. The maximum Gasteiger partial charge on any atom is 0.407 e. The lowest BCUT2D eigenvalue weighted by Crippen LogP contribution is -2.50. The van der Waals surface area contributed by atoms with Crippen LogP contribution in [0.15, 0.2) is 24.3 Å². The van der Waals surface area contributed by atoms with E-state index in [1.165, 1.54) is 6.42 Å². The van der Waals surface area contributed by atoms with Gasteiger partial charge in [-0.05, 0) is 108 Å². The van der Waals surface area contributed by atoms with Crippen molar-refractivity contribution >= 4 is 40.5 Å². The van der Waals surface area contributed by atoms with Crippen molar-refractivity contribution in [2.45, 2.75) is 122 Å². The Balaban J connectivity index is 1.11. The third kappa shape index (κ3) is 9.23. The number of aromatic nitrogens is 1. The zero-order chi connectivity index (χ0) is 36.1. The van der Waals surface area contributed by atoms with E-state index in [9.17, 15) is 23.6 Å². The van der Waals surface area contributed by atoms with E-state index < -0.39 is 36.4 Å². The summed E-state index contributed by atoms with van der Waals surface area (Å²) < 4.78 is 30.4. The van der Waals surface area contributed by atoms with Gasteiger partial charge in [-0.15, -0.1) is 0 Å². The van der Waals surface area contributed by atoms with Gasteiger partial charge in [-0.3, -0.25) is 9.59 Å². The summed E-state index contributed by atoms with van der Waals surface area (Å²) in [5, 5.41) is 6.59. The lowest BCUT2D eigenvalue weighted by atomic mass is 9.76. The summed E-state index contributed by atoms with van der Waals surface area (Å²) >= 11 is 0. The largest absolute Gasteiger partial charge is 0.458 e. The van der Waals surface area contributed by atoms with Gasteiger partial charge in [-0.1, -0.05) is 32.1 Å². The highest BCUT2D eigenvalue weighted by molar-refractivity contribution is 6.01. The SMILES string of the molecule is CC(C)(C)OC(=O)N[C@H](CF)C1CCC(C(=O)N2CC[C@@H](C3CCCCC3)[C@H]2C(=O)Nc2ccc3[nH]c(C(=O)OCC4CCCO4)cc3c2)CC1. The van der Waals surface area contributed by atoms with Gasteiger partial charge in [0.25, 0.3) is 0 Å². The normalized spacial score (nSPS) is 26.5. The maximum atomic E-state index is 14.2. The van der Waals surface area contributed by atoms with Gasteiger partial charge in [-0.2, -0.15) is 0 Å². The van der Waals surface area contributed by atoms with E-state index in [1.54, 1.807) is 26.8 Å². The Labute approximate surface area is 300 Å². The molecule has 4 aliphatic rings. The van der Waals surface area contributed by atoms with Crippen LogP contribution in [0, 0.1) is 23.7 Å². The fraction of sp³-hybridized carbons (Fsp3) is 0.692. The van der Waals surface area contributed by atoms with Crippen LogP contribution in [0.1, 0.15) is 108 Å². The monoisotopic (exact) mass is 710 g/mol. The van der Waals surface area contributed by atoms with Gasteiger partial charge in [0.1, 0.15) is 30.6 Å². The summed E-state index contributed by atoms with van der Waals surface area (Å²) in [5.41, 5.74) is 1.01. The van der Waals surface area contributed by atoms with Crippen molar-refractivity contribution in [2.24, 2.45) is 23.7 Å². The number of nitrogens with one attached hydrogen (secondary N) is 3. The zero-order valence-electron chi connectivity index (χ0n) is 30.3. The van der Waals surface area contributed by atoms with Crippen molar-refractivity contribution in [3.05, 3.63) is 30.0 Å². The summed E-state index contributed by atoms with van der Waals surface area (Å²) in [6.45, 7) is 6.06. The van der Waals surface area contributed by atoms with Crippen molar-refractivity contribution in [1.82, 2.24) is 15.2 Å². The summed E-state index contributed by atoms with van der Waals surface area (Å²) in [4.78, 5) is 58.4. The molecule has 0 bridgehead atoms. The molecular weight excluding hydrogens is 655 g/mol. The van der Waals surface area contributed by atoms with Gasteiger partial charge in [0, 0.05) is 35.7 Å². The van der Waals surface area contributed by atoms with E-state index >= 15 is 0 Å². The van der Waals surface area contributed by atoms with Gasteiger partial charge >= 0.3 is 12.1 Å². The van der Waals surface area contributed by atoms with Gasteiger partial charge in [0.05, 0.1) is 12.1 Å². The molecule has 51 heavy (non-hydrogen) atoms. The number of amides is 3. The number of carbonyl (C=O) groups is 4. The lowest BCUT2D eigenvalue weighted by molar-refractivity contribution is -0.142. The third-order valence-electron chi connectivity index (χ3n) is 11.3. The molecule has 0 radical (unpaired) electrons. The van der Waals surface area contributed by atoms with E-state index in [-0.39, 0.29) is 42.3 Å². The first-order valence-corrected chi connectivity index (χ1v) is 19.1. The number of hydrogen-bond acceptors (Lipinski definition) is 7. The highest BCUT2D eigenvalue weighted by Gasteiger charge is 2.47. The fourth-order valence-corrected chi connectivity index (χ4v) is 8.76. The van der Waals surface area contributed by atoms with Crippen LogP contribution in [0.2, 0.25) is 0 Å². The molecule has 1 unspecified atom stereocenters. The predicted molar refractivity (Wildman–Crippen MR) is 191 cm³/mol. The molecule has 2 aromatic rings. The molecule has 280 valence electrons. The van der Waals surface area contributed by atoms with Crippen LogP contribution >= 0.6 is 0 Å². The van der Waals surface area contributed by atoms with Crippen molar-refractivity contribution in [3.63, 3.8) is 0 Å². The number of nitrogens with zero attached hydrogens (tertiary/aromatic N) is 1. The smallest absolute Gasteiger partial charge is 0.407 e. The Kier molecular flexibility index (Phi) is 11.9. The molecule has 3 heterocycles. The maximum absolute atomic E-state index is 14.2. The van der Waals surface area contributed by atoms with Crippen molar-refractivity contribution in [3.8, 4) is 0 Å². The highest BCUT2D eigenvalue weighted by atomic mass is 19.1. The third-order valence-corrected chi connectivity index (χ3v) is 11.3. The summed E-state index contributed by atoms with van der Waals surface area (Å²) in [7, 11) is 0. The molecule has 6 rings (SSSR count). The molecule has 2 aliphatic carbocycles. The average Bonchev–Trinajstić information content (AvgIpc) is 3.89. The van der Waals surface area contributed by atoms with Gasteiger partial charge < -0.3 is 34.7 Å². The minimum Gasteiger partial charge on any atom is -0.458 e. The lowest BCUT2D eigenvalue weighted by Gasteiger charge is -2.37. The minimum atomic E-state index is -0.699. The molecule has 1 aromatic heterocycles.